The molecule has 0 bridgehead atoms. The van der Waals surface area contributed by atoms with Gasteiger partial charge in [-0.2, -0.15) is 0 Å². The largest absolute Gasteiger partial charge is 0.376 e. The lowest BCUT2D eigenvalue weighted by Crippen LogP contribution is -2.45. The minimum atomic E-state index is 0.352. The van der Waals surface area contributed by atoms with Gasteiger partial charge in [0.1, 0.15) is 11.6 Å². The first kappa shape index (κ1) is 13.4. The molecule has 2 saturated heterocycles. The number of nitrogens with one attached hydrogen (secondary N) is 1. The molecule has 0 aromatic carbocycles. The molecule has 1 N–H and O–H groups in total. The van der Waals surface area contributed by atoms with Crippen LogP contribution in [0.1, 0.15) is 19.2 Å². The SMILES string of the molecule is Cc1nc(N[C@H]2C[C@H]3CO[C@@H](C)CN3C2)c2sccc2n1. The summed E-state index contributed by atoms with van der Waals surface area (Å²) < 4.78 is 6.94. The van der Waals surface area contributed by atoms with Crippen molar-refractivity contribution >= 4 is 27.4 Å². The maximum atomic E-state index is 5.77. The van der Waals surface area contributed by atoms with E-state index in [0.717, 1.165) is 48.0 Å². The normalized spacial score (nSPS) is 29.7. The molecule has 21 heavy (non-hydrogen) atoms. The van der Waals surface area contributed by atoms with Crippen molar-refractivity contribution in [3.8, 4) is 0 Å². The van der Waals surface area contributed by atoms with Crippen molar-refractivity contribution < 1.29 is 4.74 Å². The van der Waals surface area contributed by atoms with Crippen molar-refractivity contribution in [1.82, 2.24) is 14.9 Å². The van der Waals surface area contributed by atoms with E-state index in [0.29, 0.717) is 18.2 Å². The van der Waals surface area contributed by atoms with Gasteiger partial charge in [0.15, 0.2) is 0 Å². The molecule has 0 unspecified atom stereocenters. The van der Waals surface area contributed by atoms with Crippen molar-refractivity contribution in [3.05, 3.63) is 17.3 Å². The molecule has 0 spiro atoms. The van der Waals surface area contributed by atoms with Crippen LogP contribution in [0.4, 0.5) is 5.82 Å². The van der Waals surface area contributed by atoms with Gasteiger partial charge in [-0.1, -0.05) is 0 Å². The molecule has 5 nitrogen and oxygen atoms in total. The Morgan fingerprint density at radius 1 is 1.38 bits per heavy atom. The second kappa shape index (κ2) is 5.19. The van der Waals surface area contributed by atoms with E-state index in [9.17, 15) is 0 Å². The summed E-state index contributed by atoms with van der Waals surface area (Å²) in [6.07, 6.45) is 1.48. The lowest BCUT2D eigenvalue weighted by atomic mass is 10.1. The molecule has 0 amide bonds. The highest BCUT2D eigenvalue weighted by atomic mass is 32.1. The number of fused-ring (bicyclic) bond motifs is 2. The van der Waals surface area contributed by atoms with Gasteiger partial charge in [0.25, 0.3) is 0 Å². The van der Waals surface area contributed by atoms with Crippen LogP contribution < -0.4 is 5.32 Å². The Bertz CT molecular complexity index is 658. The van der Waals surface area contributed by atoms with Crippen molar-refractivity contribution in [2.75, 3.05) is 25.0 Å². The number of ether oxygens (including phenoxy) is 1. The molecule has 2 aromatic heterocycles. The van der Waals surface area contributed by atoms with E-state index in [-0.39, 0.29) is 0 Å². The van der Waals surface area contributed by atoms with E-state index in [1.54, 1.807) is 11.3 Å². The van der Waals surface area contributed by atoms with Crippen molar-refractivity contribution in [2.45, 2.75) is 38.5 Å². The lowest BCUT2D eigenvalue weighted by Gasteiger charge is -2.33. The van der Waals surface area contributed by atoms with Crippen molar-refractivity contribution in [2.24, 2.45) is 0 Å². The molecule has 4 rings (SSSR count). The Labute approximate surface area is 128 Å². The van der Waals surface area contributed by atoms with Gasteiger partial charge in [-0.25, -0.2) is 9.97 Å². The smallest absolute Gasteiger partial charge is 0.148 e. The predicted octanol–water partition coefficient (Wildman–Crippen LogP) is 2.27. The van der Waals surface area contributed by atoms with Crippen LogP contribution in [0.5, 0.6) is 0 Å². The van der Waals surface area contributed by atoms with Crippen molar-refractivity contribution in [3.63, 3.8) is 0 Å². The molecule has 0 aliphatic carbocycles. The topological polar surface area (TPSA) is 50.3 Å². The number of rotatable bonds is 2. The zero-order valence-electron chi connectivity index (χ0n) is 12.4. The Hall–Kier alpha value is -1.24. The number of aryl methyl sites for hydroxylation is 1. The monoisotopic (exact) mass is 304 g/mol. The first-order valence-electron chi connectivity index (χ1n) is 7.53. The van der Waals surface area contributed by atoms with Gasteiger partial charge in [0.2, 0.25) is 0 Å². The van der Waals surface area contributed by atoms with Gasteiger partial charge >= 0.3 is 0 Å². The maximum absolute atomic E-state index is 5.77. The van der Waals surface area contributed by atoms with Crippen LogP contribution >= 0.6 is 11.3 Å². The molecule has 4 heterocycles. The predicted molar refractivity (Wildman–Crippen MR) is 85.0 cm³/mol. The van der Waals surface area contributed by atoms with Gasteiger partial charge in [0.05, 0.1) is 22.9 Å². The molecule has 0 saturated carbocycles. The summed E-state index contributed by atoms with van der Waals surface area (Å²) >= 11 is 1.71. The number of morpholine rings is 1. The summed E-state index contributed by atoms with van der Waals surface area (Å²) in [6.45, 7) is 7.08. The molecule has 6 heteroatoms. The second-order valence-electron chi connectivity index (χ2n) is 6.08. The van der Waals surface area contributed by atoms with E-state index in [2.05, 4.69) is 38.6 Å². The lowest BCUT2D eigenvalue weighted by molar-refractivity contribution is -0.0390. The molecule has 2 aromatic rings. The number of thiophene rings is 1. The summed E-state index contributed by atoms with van der Waals surface area (Å²) in [5.74, 6) is 1.82. The summed E-state index contributed by atoms with van der Waals surface area (Å²) in [6, 6.07) is 3.07. The van der Waals surface area contributed by atoms with Crippen LogP contribution in [0, 0.1) is 6.92 Å². The Balaban J connectivity index is 1.54. The molecule has 2 aliphatic rings. The molecule has 3 atom stereocenters. The van der Waals surface area contributed by atoms with Crippen LogP contribution in [0.25, 0.3) is 10.2 Å². The van der Waals surface area contributed by atoms with Crippen molar-refractivity contribution in [1.29, 1.82) is 0 Å². The summed E-state index contributed by atoms with van der Waals surface area (Å²) in [5, 5.41) is 5.72. The number of hydrogen-bond acceptors (Lipinski definition) is 6. The fourth-order valence-corrected chi connectivity index (χ4v) is 4.20. The highest BCUT2D eigenvalue weighted by Gasteiger charge is 2.36. The second-order valence-corrected chi connectivity index (χ2v) is 7.00. The average Bonchev–Trinajstić information content (AvgIpc) is 3.03. The van der Waals surface area contributed by atoms with Crippen LogP contribution in [-0.2, 0) is 4.74 Å². The number of anilines is 1. The first-order chi connectivity index (χ1) is 10.2. The number of nitrogens with zero attached hydrogens (tertiary/aromatic N) is 3. The van der Waals surface area contributed by atoms with Crippen LogP contribution in [-0.4, -0.2) is 52.8 Å². The van der Waals surface area contributed by atoms with E-state index in [1.165, 1.54) is 0 Å². The van der Waals surface area contributed by atoms with Gasteiger partial charge < -0.3 is 10.1 Å². The maximum Gasteiger partial charge on any atom is 0.148 e. The fraction of sp³-hybridized carbons (Fsp3) is 0.600. The van der Waals surface area contributed by atoms with Crippen LogP contribution in [0.2, 0.25) is 0 Å². The van der Waals surface area contributed by atoms with Gasteiger partial charge in [-0.05, 0) is 31.7 Å². The zero-order chi connectivity index (χ0) is 14.4. The Kier molecular flexibility index (Phi) is 3.32. The third-order valence-corrected chi connectivity index (χ3v) is 5.26. The van der Waals surface area contributed by atoms with Gasteiger partial charge in [-0.15, -0.1) is 11.3 Å². The summed E-state index contributed by atoms with van der Waals surface area (Å²) in [5.41, 5.74) is 1.04. The molecule has 0 radical (unpaired) electrons. The van der Waals surface area contributed by atoms with Crippen LogP contribution in [0.3, 0.4) is 0 Å². The fourth-order valence-electron chi connectivity index (χ4n) is 3.41. The van der Waals surface area contributed by atoms with E-state index in [1.807, 2.05) is 6.92 Å². The molecule has 2 aliphatic heterocycles. The van der Waals surface area contributed by atoms with E-state index < -0.39 is 0 Å². The van der Waals surface area contributed by atoms with Crippen LogP contribution in [0.15, 0.2) is 11.4 Å². The standard InChI is InChI=1S/C15H20N4OS/c1-9-6-19-7-11(5-12(19)8-20-9)18-15-14-13(3-4-21-14)16-10(2)17-15/h3-4,9,11-12H,5-8H2,1-2H3,(H,16,17,18)/t9-,11-,12-/m0/s1. The Morgan fingerprint density at radius 2 is 2.29 bits per heavy atom. The van der Waals surface area contributed by atoms with Gasteiger partial charge in [-0.3, -0.25) is 4.90 Å². The number of hydrogen-bond donors (Lipinski definition) is 1. The minimum Gasteiger partial charge on any atom is -0.376 e. The Morgan fingerprint density at radius 3 is 3.19 bits per heavy atom. The summed E-state index contributed by atoms with van der Waals surface area (Å²) in [7, 11) is 0. The molecule has 112 valence electrons. The van der Waals surface area contributed by atoms with E-state index in [4.69, 9.17) is 4.74 Å². The minimum absolute atomic E-state index is 0.352. The molecular formula is C15H20N4OS. The third-order valence-electron chi connectivity index (χ3n) is 4.35. The quantitative estimate of drug-likeness (QED) is 0.922. The zero-order valence-corrected chi connectivity index (χ0v) is 13.2. The highest BCUT2D eigenvalue weighted by molar-refractivity contribution is 7.17. The third kappa shape index (κ3) is 2.52. The highest BCUT2D eigenvalue weighted by Crippen LogP contribution is 2.29. The average molecular weight is 304 g/mol. The number of aromatic nitrogens is 2. The van der Waals surface area contributed by atoms with E-state index >= 15 is 0 Å². The van der Waals surface area contributed by atoms with Gasteiger partial charge in [0, 0.05) is 25.2 Å². The first-order valence-corrected chi connectivity index (χ1v) is 8.41. The summed E-state index contributed by atoms with van der Waals surface area (Å²) in [4.78, 5) is 11.6. The molecular weight excluding hydrogens is 284 g/mol. The molecule has 2 fully saturated rings.